The highest BCUT2D eigenvalue weighted by atomic mass is 19.4. The summed E-state index contributed by atoms with van der Waals surface area (Å²) in [6.45, 7) is 9.33. The maximum atomic E-state index is 15.8. The van der Waals surface area contributed by atoms with Gasteiger partial charge < -0.3 is 14.8 Å². The van der Waals surface area contributed by atoms with E-state index in [1.807, 2.05) is 30.0 Å². The zero-order chi connectivity index (χ0) is 35.0. The van der Waals surface area contributed by atoms with E-state index in [0.717, 1.165) is 35.9 Å². The third-order valence-corrected chi connectivity index (χ3v) is 9.04. The second-order valence-electron chi connectivity index (χ2n) is 13.9. The number of alkyl halides is 4. The fraction of sp³-hybridized carbons (Fsp3) is 0.556. The molecule has 1 saturated heterocycles. The van der Waals surface area contributed by atoms with Gasteiger partial charge in [0.25, 0.3) is 0 Å². The predicted molar refractivity (Wildman–Crippen MR) is 177 cm³/mol. The van der Waals surface area contributed by atoms with Crippen LogP contribution in [0.4, 0.5) is 28.0 Å². The topological polar surface area (TPSA) is 76.0 Å². The van der Waals surface area contributed by atoms with Crippen LogP contribution in [0.2, 0.25) is 0 Å². The number of ketones is 1. The number of carbonyl (C=O) groups is 2. The summed E-state index contributed by atoms with van der Waals surface area (Å²) in [6, 6.07) is 8.60. The predicted octanol–water partition coefficient (Wildman–Crippen LogP) is 8.26. The lowest BCUT2D eigenvalue weighted by Gasteiger charge is -2.44. The Hall–Kier alpha value is -3.64. The molecule has 2 fully saturated rings. The number of piperazine rings is 1. The van der Waals surface area contributed by atoms with Crippen LogP contribution in [-0.2, 0) is 11.3 Å². The van der Waals surface area contributed by atoms with Crippen LogP contribution in [0.15, 0.2) is 36.5 Å². The molecule has 1 aromatic heterocycles. The number of carbonyl (C=O) groups excluding carboxylic acids is 2. The number of fused-ring (bicyclic) bond motifs is 1. The first-order valence-corrected chi connectivity index (χ1v) is 16.6. The van der Waals surface area contributed by atoms with E-state index >= 15 is 4.39 Å². The van der Waals surface area contributed by atoms with Crippen molar-refractivity contribution in [2.75, 3.05) is 38.6 Å². The van der Waals surface area contributed by atoms with Gasteiger partial charge in [-0.1, -0.05) is 13.0 Å². The monoisotopic (exact) mass is 674 g/mol. The highest BCUT2D eigenvalue weighted by molar-refractivity contribution is 6.01. The zero-order valence-electron chi connectivity index (χ0n) is 28.5. The number of aromatic nitrogens is 1. The van der Waals surface area contributed by atoms with E-state index in [1.165, 1.54) is 9.47 Å². The molecule has 12 heteroatoms. The molecule has 48 heavy (non-hydrogen) atoms. The van der Waals surface area contributed by atoms with Crippen LogP contribution in [0, 0.1) is 12.8 Å². The van der Waals surface area contributed by atoms with Crippen molar-refractivity contribution in [2.45, 2.75) is 91.0 Å². The highest BCUT2D eigenvalue weighted by Gasteiger charge is 2.38. The van der Waals surface area contributed by atoms with Crippen molar-refractivity contribution in [1.82, 2.24) is 14.4 Å². The van der Waals surface area contributed by atoms with E-state index in [-0.39, 0.29) is 25.4 Å². The van der Waals surface area contributed by atoms with Gasteiger partial charge in [0.2, 0.25) is 0 Å². The maximum Gasteiger partial charge on any atom is 0.419 e. The van der Waals surface area contributed by atoms with E-state index in [0.29, 0.717) is 40.4 Å². The Morgan fingerprint density at radius 1 is 1.04 bits per heavy atom. The van der Waals surface area contributed by atoms with E-state index in [4.69, 9.17) is 9.47 Å². The lowest BCUT2D eigenvalue weighted by Crippen LogP contribution is -2.53. The molecule has 0 bridgehead atoms. The Morgan fingerprint density at radius 3 is 2.40 bits per heavy atom. The molecule has 1 aliphatic heterocycles. The highest BCUT2D eigenvalue weighted by Crippen LogP contribution is 2.39. The van der Waals surface area contributed by atoms with Gasteiger partial charge in [-0.15, -0.1) is 0 Å². The van der Waals surface area contributed by atoms with E-state index in [9.17, 15) is 22.8 Å². The minimum absolute atomic E-state index is 0.0105. The van der Waals surface area contributed by atoms with Crippen molar-refractivity contribution in [3.63, 3.8) is 0 Å². The van der Waals surface area contributed by atoms with Gasteiger partial charge in [0.05, 0.1) is 19.0 Å². The molecule has 2 heterocycles. The number of aryl methyl sites for hydroxylation is 1. The number of rotatable bonds is 11. The minimum Gasteiger partial charge on any atom is -0.496 e. The average Bonchev–Trinajstić information content (AvgIpc) is 3.73. The fourth-order valence-corrected chi connectivity index (χ4v) is 6.38. The quantitative estimate of drug-likeness (QED) is 0.125. The van der Waals surface area contributed by atoms with Gasteiger partial charge in [0.15, 0.2) is 12.1 Å². The number of ether oxygens (including phenoxy) is 2. The van der Waals surface area contributed by atoms with Crippen LogP contribution in [-0.4, -0.2) is 77.6 Å². The number of benzene rings is 2. The SMILES string of the molecule is CCC(=O)c1ccc([C@H]2CN(CCC(F)(F)F)C(F)CN2Cc2c(OC)cc(C)c3c2ccn3C(=O)OC(C)(C)C)cc1NCC1CC1. The first-order valence-electron chi connectivity index (χ1n) is 16.6. The summed E-state index contributed by atoms with van der Waals surface area (Å²) < 4.78 is 68.4. The molecule has 1 N–H and O–H groups in total. The number of nitrogens with zero attached hydrogens (tertiary/aromatic N) is 3. The van der Waals surface area contributed by atoms with Crippen LogP contribution in [0.3, 0.4) is 0 Å². The molecule has 0 spiro atoms. The average molecular weight is 675 g/mol. The van der Waals surface area contributed by atoms with Crippen molar-refractivity contribution in [3.8, 4) is 5.75 Å². The van der Waals surface area contributed by atoms with E-state index in [2.05, 4.69) is 5.32 Å². The second-order valence-corrected chi connectivity index (χ2v) is 13.9. The van der Waals surface area contributed by atoms with Crippen LogP contribution in [0.1, 0.15) is 86.5 Å². The Labute approximate surface area is 279 Å². The zero-order valence-corrected chi connectivity index (χ0v) is 28.5. The summed E-state index contributed by atoms with van der Waals surface area (Å²) >= 11 is 0. The first-order chi connectivity index (χ1) is 22.6. The molecule has 8 nitrogen and oxygen atoms in total. The van der Waals surface area contributed by atoms with Gasteiger partial charge in [-0.25, -0.2) is 9.18 Å². The summed E-state index contributed by atoms with van der Waals surface area (Å²) in [5.74, 6) is 1.07. The fourth-order valence-electron chi connectivity index (χ4n) is 6.38. The van der Waals surface area contributed by atoms with E-state index < -0.39 is 43.2 Å². The minimum atomic E-state index is -4.42. The number of hydrogen-bond acceptors (Lipinski definition) is 7. The Morgan fingerprint density at radius 2 is 1.77 bits per heavy atom. The Kier molecular flexibility index (Phi) is 10.5. The third-order valence-electron chi connectivity index (χ3n) is 9.04. The molecule has 1 unspecified atom stereocenters. The molecule has 2 aromatic carbocycles. The van der Waals surface area contributed by atoms with Crippen molar-refractivity contribution >= 4 is 28.5 Å². The summed E-state index contributed by atoms with van der Waals surface area (Å²) in [5, 5.41) is 4.16. The standard InChI is InChI=1S/C36H46F4N4O4/c1-7-30(45)26-11-10-24(17-28(26)41-18-23-8-9-23)29-20-42(15-13-36(38,39)40)32(37)21-43(29)19-27-25-12-14-44(34(46)48-35(3,4)5)33(25)22(2)16-31(27)47-6/h10-12,14,16-17,23,29,32,41H,7-9,13,15,18-21H2,1-6H3/t29-,32?/m1/s1. The van der Waals surface area contributed by atoms with Gasteiger partial charge in [0.1, 0.15) is 11.4 Å². The second kappa shape index (κ2) is 14.1. The molecule has 1 saturated carbocycles. The van der Waals surface area contributed by atoms with Crippen LogP contribution >= 0.6 is 0 Å². The van der Waals surface area contributed by atoms with Gasteiger partial charge in [-0.2, -0.15) is 13.2 Å². The van der Waals surface area contributed by atoms with Gasteiger partial charge >= 0.3 is 12.3 Å². The number of halogens is 4. The lowest BCUT2D eigenvalue weighted by atomic mass is 9.95. The summed E-state index contributed by atoms with van der Waals surface area (Å²) in [5.41, 5.74) is 3.42. The summed E-state index contributed by atoms with van der Waals surface area (Å²) in [6.07, 6.45) is -3.52. The van der Waals surface area contributed by atoms with Gasteiger partial charge in [0, 0.05) is 73.6 Å². The van der Waals surface area contributed by atoms with Crippen molar-refractivity contribution in [3.05, 3.63) is 58.8 Å². The lowest BCUT2D eigenvalue weighted by molar-refractivity contribution is -0.145. The summed E-state index contributed by atoms with van der Waals surface area (Å²) in [7, 11) is 1.54. The number of anilines is 1. The van der Waals surface area contributed by atoms with Gasteiger partial charge in [-0.05, 0) is 81.8 Å². The van der Waals surface area contributed by atoms with Crippen molar-refractivity contribution in [2.24, 2.45) is 5.92 Å². The molecule has 0 radical (unpaired) electrons. The molecule has 262 valence electrons. The molecule has 5 rings (SSSR count). The first kappa shape index (κ1) is 35.7. The summed E-state index contributed by atoms with van der Waals surface area (Å²) in [4.78, 5) is 29.2. The molecule has 3 aromatic rings. The van der Waals surface area contributed by atoms with Gasteiger partial charge in [-0.3, -0.25) is 19.2 Å². The smallest absolute Gasteiger partial charge is 0.419 e. The molecule has 2 atom stereocenters. The maximum absolute atomic E-state index is 15.8. The normalized spacial score (nSPS) is 19.5. The number of nitrogens with one attached hydrogen (secondary N) is 1. The van der Waals surface area contributed by atoms with Crippen LogP contribution in [0.5, 0.6) is 5.75 Å². The van der Waals surface area contributed by atoms with Crippen LogP contribution in [0.25, 0.3) is 10.9 Å². The van der Waals surface area contributed by atoms with Crippen LogP contribution < -0.4 is 10.1 Å². The van der Waals surface area contributed by atoms with Crippen molar-refractivity contribution < 1.29 is 36.6 Å². The molecular formula is C36H46F4N4O4. The number of hydrogen-bond donors (Lipinski definition) is 1. The number of Topliss-reactive ketones (excluding diaryl/α,β-unsaturated/α-hetero) is 1. The molecule has 0 amide bonds. The Balaban J connectivity index is 1.55. The largest absolute Gasteiger partial charge is 0.496 e. The Bertz CT molecular complexity index is 1640. The van der Waals surface area contributed by atoms with Crippen molar-refractivity contribution in [1.29, 1.82) is 0 Å². The molecule has 1 aliphatic carbocycles. The third kappa shape index (κ3) is 8.31. The molecular weight excluding hydrogens is 628 g/mol. The molecule has 2 aliphatic rings. The van der Waals surface area contributed by atoms with E-state index in [1.54, 1.807) is 53.1 Å². The number of methoxy groups -OCH3 is 1.